The van der Waals surface area contributed by atoms with Gasteiger partial charge in [-0.2, -0.15) is 0 Å². The molecule has 0 unspecified atom stereocenters. The second-order valence-electron chi connectivity index (χ2n) is 6.33. The Morgan fingerprint density at radius 3 is 2.59 bits per heavy atom. The Bertz CT molecular complexity index is 1220. The van der Waals surface area contributed by atoms with Gasteiger partial charge in [0, 0.05) is 23.8 Å². The number of benzene rings is 2. The fraction of sp³-hybridized carbons (Fsp3) is 0.143. The summed E-state index contributed by atoms with van der Waals surface area (Å²) in [6, 6.07) is 17.1. The van der Waals surface area contributed by atoms with Crippen LogP contribution in [0.3, 0.4) is 0 Å². The topological polar surface area (TPSA) is 81.3 Å². The average molecular weight is 405 g/mol. The molecule has 8 heteroatoms. The zero-order chi connectivity index (χ0) is 20.2. The second-order valence-corrected chi connectivity index (χ2v) is 7.28. The summed E-state index contributed by atoms with van der Waals surface area (Å²) in [5.74, 6) is 0.0333. The third-order valence-corrected chi connectivity index (χ3v) is 5.42. The first kappa shape index (κ1) is 18.9. The van der Waals surface area contributed by atoms with Crippen LogP contribution in [0.1, 0.15) is 12.5 Å². The van der Waals surface area contributed by atoms with Gasteiger partial charge in [0.1, 0.15) is 0 Å². The van der Waals surface area contributed by atoms with E-state index in [0.717, 1.165) is 23.4 Å². The van der Waals surface area contributed by atoms with E-state index in [0.29, 0.717) is 5.16 Å². The van der Waals surface area contributed by atoms with E-state index in [1.165, 1.54) is 16.3 Å². The van der Waals surface area contributed by atoms with Crippen molar-refractivity contribution in [3.63, 3.8) is 0 Å². The first-order chi connectivity index (χ1) is 14.2. The normalized spacial score (nSPS) is 10.9. The van der Waals surface area contributed by atoms with Gasteiger partial charge in [-0.25, -0.2) is 0 Å². The number of para-hydroxylation sites is 2. The van der Waals surface area contributed by atoms with Crippen LogP contribution < -0.4 is 10.9 Å². The molecule has 7 nitrogen and oxygen atoms in total. The molecule has 2 aromatic carbocycles. The monoisotopic (exact) mass is 405 g/mol. The van der Waals surface area contributed by atoms with Crippen LogP contribution >= 0.6 is 11.8 Å². The van der Waals surface area contributed by atoms with Crippen molar-refractivity contribution >= 4 is 29.0 Å². The van der Waals surface area contributed by atoms with Gasteiger partial charge in [0.25, 0.3) is 0 Å². The van der Waals surface area contributed by atoms with Gasteiger partial charge in [-0.1, -0.05) is 55.1 Å². The van der Waals surface area contributed by atoms with Crippen molar-refractivity contribution in [3.05, 3.63) is 82.9 Å². The largest absolute Gasteiger partial charge is 0.325 e. The van der Waals surface area contributed by atoms with Crippen LogP contribution in [0.4, 0.5) is 5.69 Å². The van der Waals surface area contributed by atoms with Gasteiger partial charge in [-0.3, -0.25) is 18.6 Å². The van der Waals surface area contributed by atoms with Gasteiger partial charge >= 0.3 is 5.56 Å². The van der Waals surface area contributed by atoms with E-state index in [2.05, 4.69) is 15.5 Å². The van der Waals surface area contributed by atoms with Crippen LogP contribution in [0.5, 0.6) is 0 Å². The molecule has 0 atom stereocenters. The third-order valence-electron chi connectivity index (χ3n) is 4.48. The molecule has 1 amide bonds. The Morgan fingerprint density at radius 1 is 1.03 bits per heavy atom. The molecular weight excluding hydrogens is 386 g/mol. The lowest BCUT2D eigenvalue weighted by Crippen LogP contribution is -2.20. The van der Waals surface area contributed by atoms with Crippen molar-refractivity contribution in [1.82, 2.24) is 19.2 Å². The van der Waals surface area contributed by atoms with E-state index in [1.807, 2.05) is 61.5 Å². The molecule has 0 aliphatic heterocycles. The first-order valence-electron chi connectivity index (χ1n) is 9.19. The van der Waals surface area contributed by atoms with Gasteiger partial charge in [-0.05, 0) is 30.2 Å². The third kappa shape index (κ3) is 3.93. The van der Waals surface area contributed by atoms with Crippen LogP contribution in [0.2, 0.25) is 0 Å². The standard InChI is InChI=1S/C21H19N5O2S/c1-2-15-8-6-7-11-17(15)22-18(27)14-29-21-24-23-19-20(28)25(12-13-26(19)21)16-9-4-3-5-10-16/h3-13H,2,14H2,1H3,(H,22,27). The lowest BCUT2D eigenvalue weighted by atomic mass is 10.1. The molecule has 0 saturated carbocycles. The summed E-state index contributed by atoms with van der Waals surface area (Å²) in [6.07, 6.45) is 4.25. The van der Waals surface area contributed by atoms with E-state index in [-0.39, 0.29) is 22.9 Å². The quantitative estimate of drug-likeness (QED) is 0.498. The number of nitrogens with one attached hydrogen (secondary N) is 1. The van der Waals surface area contributed by atoms with E-state index in [1.54, 1.807) is 16.8 Å². The molecule has 0 aliphatic carbocycles. The summed E-state index contributed by atoms with van der Waals surface area (Å²) in [4.78, 5) is 25.1. The molecule has 1 N–H and O–H groups in total. The molecule has 2 heterocycles. The molecule has 0 spiro atoms. The van der Waals surface area contributed by atoms with Crippen LogP contribution in [0.15, 0.2) is 76.9 Å². The molecule has 146 valence electrons. The molecular formula is C21H19N5O2S. The summed E-state index contributed by atoms with van der Waals surface area (Å²) in [5, 5.41) is 11.5. The number of amides is 1. The van der Waals surface area contributed by atoms with Crippen molar-refractivity contribution < 1.29 is 4.79 Å². The predicted octanol–water partition coefficient (Wildman–Crippen LogP) is 3.17. The lowest BCUT2D eigenvalue weighted by Gasteiger charge is -2.09. The van der Waals surface area contributed by atoms with Crippen LogP contribution in [0, 0.1) is 0 Å². The maximum Gasteiger partial charge on any atom is 0.300 e. The fourth-order valence-corrected chi connectivity index (χ4v) is 3.74. The summed E-state index contributed by atoms with van der Waals surface area (Å²) in [5.41, 5.74) is 2.61. The van der Waals surface area contributed by atoms with Crippen LogP contribution in [-0.2, 0) is 11.2 Å². The number of aryl methyl sites for hydroxylation is 1. The summed E-state index contributed by atoms with van der Waals surface area (Å²) in [7, 11) is 0. The Morgan fingerprint density at radius 2 is 1.79 bits per heavy atom. The van der Waals surface area contributed by atoms with Gasteiger partial charge in [-0.15, -0.1) is 10.2 Å². The van der Waals surface area contributed by atoms with E-state index in [4.69, 9.17) is 0 Å². The highest BCUT2D eigenvalue weighted by Gasteiger charge is 2.14. The van der Waals surface area contributed by atoms with Gasteiger partial charge in [0.2, 0.25) is 11.6 Å². The molecule has 0 bridgehead atoms. The highest BCUT2D eigenvalue weighted by Crippen LogP contribution is 2.19. The van der Waals surface area contributed by atoms with Crippen molar-refractivity contribution in [2.75, 3.05) is 11.1 Å². The number of fused-ring (bicyclic) bond motifs is 1. The number of aromatic nitrogens is 4. The average Bonchev–Trinajstić information content (AvgIpc) is 3.17. The minimum absolute atomic E-state index is 0.134. The molecule has 29 heavy (non-hydrogen) atoms. The number of anilines is 1. The number of carbonyl (C=O) groups excluding carboxylic acids is 1. The summed E-state index contributed by atoms with van der Waals surface area (Å²) in [6.45, 7) is 2.05. The second kappa shape index (κ2) is 8.32. The molecule has 4 rings (SSSR count). The maximum atomic E-state index is 12.7. The molecule has 0 fully saturated rings. The highest BCUT2D eigenvalue weighted by molar-refractivity contribution is 7.99. The summed E-state index contributed by atoms with van der Waals surface area (Å²) < 4.78 is 3.13. The Labute approximate surface area is 171 Å². The lowest BCUT2D eigenvalue weighted by molar-refractivity contribution is -0.113. The highest BCUT2D eigenvalue weighted by atomic mass is 32.2. The van der Waals surface area contributed by atoms with E-state index < -0.39 is 0 Å². The molecule has 4 aromatic rings. The molecule has 2 aromatic heterocycles. The number of nitrogens with zero attached hydrogens (tertiary/aromatic N) is 4. The number of rotatable bonds is 6. The smallest absolute Gasteiger partial charge is 0.300 e. The Balaban J connectivity index is 1.51. The minimum Gasteiger partial charge on any atom is -0.325 e. The maximum absolute atomic E-state index is 12.7. The first-order valence-corrected chi connectivity index (χ1v) is 10.2. The zero-order valence-corrected chi connectivity index (χ0v) is 16.6. The van der Waals surface area contributed by atoms with Crippen LogP contribution in [0.25, 0.3) is 11.3 Å². The van der Waals surface area contributed by atoms with Gasteiger partial charge in [0.05, 0.1) is 5.75 Å². The number of hydrogen-bond donors (Lipinski definition) is 1. The van der Waals surface area contributed by atoms with Crippen LogP contribution in [-0.4, -0.2) is 30.8 Å². The predicted molar refractivity (Wildman–Crippen MR) is 114 cm³/mol. The minimum atomic E-state index is -0.264. The van der Waals surface area contributed by atoms with E-state index in [9.17, 15) is 9.59 Å². The van der Waals surface area contributed by atoms with Crippen molar-refractivity contribution in [2.24, 2.45) is 0 Å². The Hall–Kier alpha value is -3.39. The Kier molecular flexibility index (Phi) is 5.44. The van der Waals surface area contributed by atoms with E-state index >= 15 is 0 Å². The van der Waals surface area contributed by atoms with Gasteiger partial charge < -0.3 is 5.32 Å². The zero-order valence-electron chi connectivity index (χ0n) is 15.8. The molecule has 0 radical (unpaired) electrons. The van der Waals surface area contributed by atoms with Crippen molar-refractivity contribution in [3.8, 4) is 5.69 Å². The number of carbonyl (C=O) groups is 1. The number of thioether (sulfide) groups is 1. The summed E-state index contributed by atoms with van der Waals surface area (Å²) >= 11 is 1.24. The van der Waals surface area contributed by atoms with Crippen molar-refractivity contribution in [2.45, 2.75) is 18.5 Å². The molecule has 0 saturated heterocycles. The molecule has 0 aliphatic rings. The van der Waals surface area contributed by atoms with Crippen molar-refractivity contribution in [1.29, 1.82) is 0 Å². The number of hydrogen-bond acceptors (Lipinski definition) is 5. The van der Waals surface area contributed by atoms with Gasteiger partial charge in [0.15, 0.2) is 5.16 Å². The SMILES string of the molecule is CCc1ccccc1NC(=O)CSc1nnc2c(=O)n(-c3ccccc3)ccn12. The fourth-order valence-electron chi connectivity index (χ4n) is 3.02.